The number of Topliss-reactive ketones (excluding diaryl/α,β-unsaturated/α-hetero) is 1. The fourth-order valence-electron chi connectivity index (χ4n) is 2.40. The third-order valence-electron chi connectivity index (χ3n) is 3.95. The SMILES string of the molecule is CC.CN1CCC(C)(Cc2ncc(C(=O)CO)cn2)CC1. The van der Waals surface area contributed by atoms with Gasteiger partial charge in [0, 0.05) is 18.8 Å². The zero-order valence-corrected chi connectivity index (χ0v) is 13.6. The molecule has 2 rings (SSSR count). The Labute approximate surface area is 127 Å². The van der Waals surface area contributed by atoms with Crippen molar-refractivity contribution < 1.29 is 9.90 Å². The van der Waals surface area contributed by atoms with Gasteiger partial charge in [0.05, 0.1) is 5.56 Å². The molecule has 1 aliphatic heterocycles. The molecule has 0 bridgehead atoms. The number of carbonyl (C=O) groups excluding carboxylic acids is 1. The smallest absolute Gasteiger partial charge is 0.191 e. The minimum atomic E-state index is -0.493. The van der Waals surface area contributed by atoms with Gasteiger partial charge in [-0.15, -0.1) is 0 Å². The van der Waals surface area contributed by atoms with E-state index in [1.54, 1.807) is 0 Å². The van der Waals surface area contributed by atoms with Gasteiger partial charge in [0.25, 0.3) is 0 Å². The first-order valence-electron chi connectivity index (χ1n) is 7.66. The second kappa shape index (κ2) is 8.20. The number of ketones is 1. The first-order chi connectivity index (χ1) is 10.0. The Morgan fingerprint density at radius 3 is 2.29 bits per heavy atom. The van der Waals surface area contributed by atoms with E-state index in [4.69, 9.17) is 5.11 Å². The summed E-state index contributed by atoms with van der Waals surface area (Å²) in [4.78, 5) is 22.1. The summed E-state index contributed by atoms with van der Waals surface area (Å²) in [7, 11) is 2.14. The first-order valence-corrected chi connectivity index (χ1v) is 7.66. The van der Waals surface area contributed by atoms with Crippen molar-refractivity contribution in [1.29, 1.82) is 0 Å². The molecule has 1 fully saturated rings. The summed E-state index contributed by atoms with van der Waals surface area (Å²) in [6.45, 7) is 8.00. The lowest BCUT2D eigenvalue weighted by Crippen LogP contribution is -2.37. The molecule has 1 saturated heterocycles. The molecule has 1 N–H and O–H groups in total. The summed E-state index contributed by atoms with van der Waals surface area (Å²) >= 11 is 0. The van der Waals surface area contributed by atoms with Crippen molar-refractivity contribution in [2.24, 2.45) is 5.41 Å². The standard InChI is InChI=1S/C14H21N3O2.C2H6/c1-14(3-5-17(2)6-4-14)7-13-15-8-11(9-16-13)12(19)10-18;1-2/h8-9,18H,3-7,10H2,1-2H3;1-2H3. The number of piperidine rings is 1. The maximum absolute atomic E-state index is 11.3. The fraction of sp³-hybridized carbons (Fsp3) is 0.688. The summed E-state index contributed by atoms with van der Waals surface area (Å²) in [6.07, 6.45) is 6.15. The number of hydrogen-bond acceptors (Lipinski definition) is 5. The number of aliphatic hydroxyl groups excluding tert-OH is 1. The predicted molar refractivity (Wildman–Crippen MR) is 83.3 cm³/mol. The van der Waals surface area contributed by atoms with Crippen LogP contribution < -0.4 is 0 Å². The molecule has 0 saturated carbocycles. The lowest BCUT2D eigenvalue weighted by Gasteiger charge is -2.37. The molecule has 0 aliphatic carbocycles. The van der Waals surface area contributed by atoms with Gasteiger partial charge in [-0.1, -0.05) is 20.8 Å². The van der Waals surface area contributed by atoms with Crippen LogP contribution in [0.25, 0.3) is 0 Å². The van der Waals surface area contributed by atoms with Crippen LogP contribution in [0.1, 0.15) is 49.8 Å². The van der Waals surface area contributed by atoms with Gasteiger partial charge < -0.3 is 10.0 Å². The molecule has 1 aromatic rings. The van der Waals surface area contributed by atoms with Crippen LogP contribution in [0.4, 0.5) is 0 Å². The van der Waals surface area contributed by atoms with Crippen molar-refractivity contribution in [2.75, 3.05) is 26.7 Å². The van der Waals surface area contributed by atoms with Crippen LogP contribution in [0, 0.1) is 5.41 Å². The number of aliphatic hydroxyl groups is 1. The van der Waals surface area contributed by atoms with Crippen LogP contribution in [0.15, 0.2) is 12.4 Å². The minimum Gasteiger partial charge on any atom is -0.388 e. The van der Waals surface area contributed by atoms with Crippen LogP contribution in [0.3, 0.4) is 0 Å². The summed E-state index contributed by atoms with van der Waals surface area (Å²) in [5.41, 5.74) is 0.620. The Bertz CT molecular complexity index is 437. The van der Waals surface area contributed by atoms with E-state index in [1.165, 1.54) is 12.4 Å². The molecule has 1 aliphatic rings. The minimum absolute atomic E-state index is 0.245. The highest BCUT2D eigenvalue weighted by Crippen LogP contribution is 2.33. The predicted octanol–water partition coefficient (Wildman–Crippen LogP) is 1.95. The van der Waals surface area contributed by atoms with E-state index in [-0.39, 0.29) is 11.2 Å². The van der Waals surface area contributed by atoms with Crippen molar-refractivity contribution in [3.05, 3.63) is 23.8 Å². The van der Waals surface area contributed by atoms with Gasteiger partial charge in [-0.05, 0) is 38.4 Å². The number of likely N-dealkylation sites (tertiary alicyclic amines) is 1. The molecule has 118 valence electrons. The second-order valence-electron chi connectivity index (χ2n) is 5.76. The molecule has 2 heterocycles. The van der Waals surface area contributed by atoms with Crippen LogP contribution in [-0.4, -0.2) is 52.5 Å². The molecule has 5 heteroatoms. The average molecular weight is 293 g/mol. The third kappa shape index (κ3) is 5.17. The molecular formula is C16H27N3O2. The molecule has 0 radical (unpaired) electrons. The van der Waals surface area contributed by atoms with E-state index in [0.717, 1.165) is 38.2 Å². The van der Waals surface area contributed by atoms with Gasteiger partial charge >= 0.3 is 0 Å². The van der Waals surface area contributed by atoms with E-state index in [2.05, 4.69) is 28.8 Å². The molecule has 0 amide bonds. The summed E-state index contributed by atoms with van der Waals surface area (Å²) in [5, 5.41) is 8.77. The number of aromatic nitrogens is 2. The third-order valence-corrected chi connectivity index (χ3v) is 3.95. The van der Waals surface area contributed by atoms with Crippen LogP contribution in [0.5, 0.6) is 0 Å². The Morgan fingerprint density at radius 2 is 1.81 bits per heavy atom. The highest BCUT2D eigenvalue weighted by Gasteiger charge is 2.29. The maximum Gasteiger partial charge on any atom is 0.191 e. The van der Waals surface area contributed by atoms with Gasteiger partial charge in [-0.25, -0.2) is 9.97 Å². The van der Waals surface area contributed by atoms with Crippen LogP contribution in [0.2, 0.25) is 0 Å². The van der Waals surface area contributed by atoms with Gasteiger partial charge in [-0.3, -0.25) is 4.79 Å². The summed E-state index contributed by atoms with van der Waals surface area (Å²) in [5.74, 6) is 0.443. The number of carbonyl (C=O) groups is 1. The quantitative estimate of drug-likeness (QED) is 0.860. The zero-order chi connectivity index (χ0) is 15.9. The lowest BCUT2D eigenvalue weighted by molar-refractivity contribution is 0.0903. The Balaban J connectivity index is 0.00000106. The topological polar surface area (TPSA) is 66.3 Å². The molecule has 5 nitrogen and oxygen atoms in total. The monoisotopic (exact) mass is 293 g/mol. The Kier molecular flexibility index (Phi) is 6.92. The molecular weight excluding hydrogens is 266 g/mol. The van der Waals surface area contributed by atoms with Crippen molar-refractivity contribution >= 4 is 5.78 Å². The first kappa shape index (κ1) is 17.7. The summed E-state index contributed by atoms with van der Waals surface area (Å²) in [6, 6.07) is 0. The fourth-order valence-corrected chi connectivity index (χ4v) is 2.40. The molecule has 1 aromatic heterocycles. The van der Waals surface area contributed by atoms with Gasteiger partial charge in [-0.2, -0.15) is 0 Å². The van der Waals surface area contributed by atoms with E-state index in [9.17, 15) is 4.79 Å². The average Bonchev–Trinajstić information content (AvgIpc) is 2.52. The molecule has 21 heavy (non-hydrogen) atoms. The molecule has 0 unspecified atom stereocenters. The molecule has 0 atom stereocenters. The largest absolute Gasteiger partial charge is 0.388 e. The van der Waals surface area contributed by atoms with Crippen LogP contribution >= 0.6 is 0 Å². The zero-order valence-electron chi connectivity index (χ0n) is 13.6. The van der Waals surface area contributed by atoms with E-state index in [0.29, 0.717) is 5.56 Å². The Morgan fingerprint density at radius 1 is 1.29 bits per heavy atom. The second-order valence-corrected chi connectivity index (χ2v) is 5.76. The van der Waals surface area contributed by atoms with Crippen molar-refractivity contribution in [2.45, 2.75) is 40.0 Å². The van der Waals surface area contributed by atoms with Gasteiger partial charge in [0.15, 0.2) is 5.78 Å². The molecule has 0 spiro atoms. The van der Waals surface area contributed by atoms with E-state index < -0.39 is 6.61 Å². The number of rotatable bonds is 4. The highest BCUT2D eigenvalue weighted by molar-refractivity contribution is 5.96. The van der Waals surface area contributed by atoms with Gasteiger partial charge in [0.2, 0.25) is 0 Å². The number of hydrogen-bond donors (Lipinski definition) is 1. The highest BCUT2D eigenvalue weighted by atomic mass is 16.3. The van der Waals surface area contributed by atoms with Crippen molar-refractivity contribution in [3.63, 3.8) is 0 Å². The van der Waals surface area contributed by atoms with E-state index in [1.807, 2.05) is 13.8 Å². The molecule has 0 aromatic carbocycles. The maximum atomic E-state index is 11.3. The van der Waals surface area contributed by atoms with Crippen molar-refractivity contribution in [1.82, 2.24) is 14.9 Å². The van der Waals surface area contributed by atoms with Crippen molar-refractivity contribution in [3.8, 4) is 0 Å². The Hall–Kier alpha value is -1.33. The van der Waals surface area contributed by atoms with Crippen LogP contribution in [-0.2, 0) is 6.42 Å². The van der Waals surface area contributed by atoms with E-state index >= 15 is 0 Å². The lowest BCUT2D eigenvalue weighted by atomic mass is 9.77. The number of nitrogens with zero attached hydrogens (tertiary/aromatic N) is 3. The summed E-state index contributed by atoms with van der Waals surface area (Å²) < 4.78 is 0. The normalized spacial score (nSPS) is 17.8. The van der Waals surface area contributed by atoms with Gasteiger partial charge in [0.1, 0.15) is 12.4 Å².